The lowest BCUT2D eigenvalue weighted by molar-refractivity contribution is -0.165. The number of nitrogens with one attached hydrogen (secondary N) is 1. The Morgan fingerprint density at radius 3 is 2.80 bits per heavy atom. The second kappa shape index (κ2) is 11.9. The van der Waals surface area contributed by atoms with Crippen LogP contribution in [0.15, 0.2) is 35.7 Å². The van der Waals surface area contributed by atoms with Crippen molar-refractivity contribution in [3.05, 3.63) is 63.5 Å². The van der Waals surface area contributed by atoms with Crippen molar-refractivity contribution in [1.29, 1.82) is 0 Å². The number of hydrogen-bond donors (Lipinski definition) is 1. The Morgan fingerprint density at radius 2 is 2.02 bits per heavy atom. The van der Waals surface area contributed by atoms with Gasteiger partial charge < -0.3 is 24.4 Å². The summed E-state index contributed by atoms with van der Waals surface area (Å²) >= 11 is 1.61. The van der Waals surface area contributed by atoms with E-state index in [9.17, 15) is 4.79 Å². The maximum atomic E-state index is 12.8. The van der Waals surface area contributed by atoms with Crippen LogP contribution in [0.1, 0.15) is 55.0 Å². The number of ether oxygens (including phenoxy) is 3. The summed E-state index contributed by atoms with van der Waals surface area (Å²) in [5.74, 6) is 0.367. The fourth-order valence-electron chi connectivity index (χ4n) is 5.60. The maximum absolute atomic E-state index is 12.8. The maximum Gasteiger partial charge on any atom is 0.312 e. The number of anilines is 1. The monoisotopic (exact) mass is 563 g/mol. The highest BCUT2D eigenvalue weighted by Crippen LogP contribution is 2.36. The highest BCUT2D eigenvalue weighted by molar-refractivity contribution is 7.14. The summed E-state index contributed by atoms with van der Waals surface area (Å²) in [6, 6.07) is 10.7. The molecule has 0 radical (unpaired) electrons. The molecule has 8 heteroatoms. The number of thiazole rings is 1. The Morgan fingerprint density at radius 1 is 1.20 bits per heavy atom. The largest absolute Gasteiger partial charge is 0.488 e. The lowest BCUT2D eigenvalue weighted by Crippen LogP contribution is -2.49. The SMILES string of the molecule is CO[C@H]1CN(c2nc(-c3cc(C)ccc3OCc3ccc4c(c3C)CCNC4)cs2)CC[C@H]1C(=O)OC(C)(C)C. The normalized spacial score (nSPS) is 19.3. The van der Waals surface area contributed by atoms with Crippen LogP contribution in [-0.2, 0) is 33.8 Å². The van der Waals surface area contributed by atoms with Crippen LogP contribution in [0.2, 0.25) is 0 Å². The van der Waals surface area contributed by atoms with Gasteiger partial charge in [0.05, 0.1) is 17.7 Å². The minimum absolute atomic E-state index is 0.189. The first-order chi connectivity index (χ1) is 19.1. The number of nitrogens with zero attached hydrogens (tertiary/aromatic N) is 2. The first kappa shape index (κ1) is 28.6. The van der Waals surface area contributed by atoms with Crippen molar-refractivity contribution in [2.24, 2.45) is 5.92 Å². The van der Waals surface area contributed by atoms with Crippen LogP contribution in [0, 0.1) is 19.8 Å². The van der Waals surface area contributed by atoms with E-state index in [1.807, 2.05) is 20.8 Å². The summed E-state index contributed by atoms with van der Waals surface area (Å²) in [6.45, 7) is 13.8. The molecule has 0 aliphatic carbocycles. The van der Waals surface area contributed by atoms with Gasteiger partial charge in [-0.25, -0.2) is 4.98 Å². The van der Waals surface area contributed by atoms with Crippen molar-refractivity contribution in [2.45, 2.75) is 72.3 Å². The third-order valence-electron chi connectivity index (χ3n) is 7.80. The highest BCUT2D eigenvalue weighted by Gasteiger charge is 2.37. The first-order valence-corrected chi connectivity index (χ1v) is 15.0. The molecule has 2 atom stereocenters. The Balaban J connectivity index is 1.31. The molecule has 0 unspecified atom stereocenters. The van der Waals surface area contributed by atoms with Crippen molar-refractivity contribution in [3.63, 3.8) is 0 Å². The zero-order chi connectivity index (χ0) is 28.4. The van der Waals surface area contributed by atoms with E-state index in [2.05, 4.69) is 59.8 Å². The van der Waals surface area contributed by atoms with Gasteiger partial charge in [0.1, 0.15) is 18.0 Å². The average molecular weight is 564 g/mol. The Kier molecular flexibility index (Phi) is 8.50. The fourth-order valence-corrected chi connectivity index (χ4v) is 6.47. The summed E-state index contributed by atoms with van der Waals surface area (Å²) in [6.07, 6.45) is 1.48. The molecule has 40 heavy (non-hydrogen) atoms. The molecule has 1 fully saturated rings. The summed E-state index contributed by atoms with van der Waals surface area (Å²) in [7, 11) is 1.66. The van der Waals surface area contributed by atoms with Gasteiger partial charge in [0.15, 0.2) is 5.13 Å². The standard InChI is InChI=1S/C32H41N3O4S/c1-20-7-10-28(38-18-23-9-8-22-16-33-13-11-24(22)21(23)2)26(15-20)27-19-40-31(34-27)35-14-12-25(29(17-35)37-6)30(36)39-32(3,4)5/h7-10,15,19,25,29,33H,11-14,16-18H2,1-6H3/t25-,29+/m1/s1. The smallest absolute Gasteiger partial charge is 0.312 e. The zero-order valence-electron chi connectivity index (χ0n) is 24.5. The minimum atomic E-state index is -0.513. The van der Waals surface area contributed by atoms with Gasteiger partial charge in [-0.05, 0) is 88.4 Å². The molecule has 1 N–H and O–H groups in total. The number of piperidine rings is 1. The molecule has 2 aliphatic heterocycles. The molecule has 0 saturated carbocycles. The van der Waals surface area contributed by atoms with Crippen molar-refractivity contribution >= 4 is 22.4 Å². The highest BCUT2D eigenvalue weighted by atomic mass is 32.1. The molecule has 2 aliphatic rings. The van der Waals surface area contributed by atoms with E-state index >= 15 is 0 Å². The number of aryl methyl sites for hydroxylation is 1. The molecule has 0 amide bonds. The molecular weight excluding hydrogens is 522 g/mol. The number of methoxy groups -OCH3 is 1. The van der Waals surface area contributed by atoms with Gasteiger partial charge in [0.2, 0.25) is 0 Å². The number of rotatable bonds is 7. The van der Waals surface area contributed by atoms with Crippen LogP contribution < -0.4 is 15.0 Å². The molecule has 5 rings (SSSR count). The lowest BCUT2D eigenvalue weighted by atomic mass is 9.93. The third-order valence-corrected chi connectivity index (χ3v) is 8.70. The van der Waals surface area contributed by atoms with Crippen LogP contribution in [0.25, 0.3) is 11.3 Å². The molecule has 214 valence electrons. The van der Waals surface area contributed by atoms with E-state index in [0.29, 0.717) is 19.6 Å². The predicted molar refractivity (Wildman–Crippen MR) is 160 cm³/mol. The van der Waals surface area contributed by atoms with E-state index in [4.69, 9.17) is 19.2 Å². The topological polar surface area (TPSA) is 72.9 Å². The Bertz CT molecular complexity index is 1360. The van der Waals surface area contributed by atoms with Gasteiger partial charge in [0.25, 0.3) is 0 Å². The van der Waals surface area contributed by atoms with Crippen LogP contribution in [0.5, 0.6) is 5.75 Å². The molecule has 3 heterocycles. The number of carbonyl (C=O) groups excluding carboxylic acids is 1. The van der Waals surface area contributed by atoms with Crippen molar-refractivity contribution in [3.8, 4) is 17.0 Å². The molecule has 1 aromatic heterocycles. The summed E-state index contributed by atoms with van der Waals surface area (Å²) in [5, 5.41) is 6.47. The second-order valence-electron chi connectivity index (χ2n) is 11.9. The average Bonchev–Trinajstić information content (AvgIpc) is 3.42. The van der Waals surface area contributed by atoms with Crippen molar-refractivity contribution < 1.29 is 19.0 Å². The van der Waals surface area contributed by atoms with Gasteiger partial charge in [-0.15, -0.1) is 11.3 Å². The van der Waals surface area contributed by atoms with Gasteiger partial charge >= 0.3 is 5.97 Å². The van der Waals surface area contributed by atoms with Crippen LogP contribution in [0.4, 0.5) is 5.13 Å². The van der Waals surface area contributed by atoms with E-state index in [1.54, 1.807) is 18.4 Å². The van der Waals surface area contributed by atoms with E-state index in [-0.39, 0.29) is 18.0 Å². The predicted octanol–water partition coefficient (Wildman–Crippen LogP) is 5.83. The fraction of sp³-hybridized carbons (Fsp3) is 0.500. The first-order valence-electron chi connectivity index (χ1n) is 14.1. The Labute approximate surface area is 241 Å². The number of carbonyl (C=O) groups is 1. The Hall–Kier alpha value is -2.94. The van der Waals surface area contributed by atoms with Crippen LogP contribution >= 0.6 is 11.3 Å². The molecule has 0 bridgehead atoms. The number of hydrogen-bond acceptors (Lipinski definition) is 8. The summed E-state index contributed by atoms with van der Waals surface area (Å²) in [5.41, 5.74) is 7.95. The van der Waals surface area contributed by atoms with Gasteiger partial charge in [-0.3, -0.25) is 4.79 Å². The second-order valence-corrected chi connectivity index (χ2v) is 12.7. The summed E-state index contributed by atoms with van der Waals surface area (Å²) in [4.78, 5) is 20.0. The molecular formula is C32H41N3O4S. The lowest BCUT2D eigenvalue weighted by Gasteiger charge is -2.37. The van der Waals surface area contributed by atoms with Crippen LogP contribution in [-0.4, -0.2) is 49.4 Å². The van der Waals surface area contributed by atoms with E-state index < -0.39 is 5.60 Å². The quantitative estimate of drug-likeness (QED) is 0.363. The van der Waals surface area contributed by atoms with Crippen molar-refractivity contribution in [1.82, 2.24) is 10.3 Å². The minimum Gasteiger partial charge on any atom is -0.488 e. The third kappa shape index (κ3) is 6.35. The van der Waals surface area contributed by atoms with E-state index in [1.165, 1.54) is 22.3 Å². The zero-order valence-corrected chi connectivity index (χ0v) is 25.3. The number of fused-ring (bicyclic) bond motifs is 1. The molecule has 3 aromatic rings. The number of benzene rings is 2. The van der Waals surface area contributed by atoms with E-state index in [0.717, 1.165) is 53.8 Å². The van der Waals surface area contributed by atoms with Gasteiger partial charge in [-0.2, -0.15) is 0 Å². The summed E-state index contributed by atoms with van der Waals surface area (Å²) < 4.78 is 17.8. The molecule has 2 aromatic carbocycles. The number of esters is 1. The van der Waals surface area contributed by atoms with Gasteiger partial charge in [0, 0.05) is 37.7 Å². The van der Waals surface area contributed by atoms with Gasteiger partial charge in [-0.1, -0.05) is 23.8 Å². The van der Waals surface area contributed by atoms with Crippen molar-refractivity contribution in [2.75, 3.05) is 31.6 Å². The molecule has 1 saturated heterocycles. The molecule has 7 nitrogen and oxygen atoms in total. The van der Waals surface area contributed by atoms with Crippen LogP contribution in [0.3, 0.4) is 0 Å². The number of aromatic nitrogens is 1. The molecule has 0 spiro atoms.